The van der Waals surface area contributed by atoms with Gasteiger partial charge in [-0.1, -0.05) is 11.6 Å². The zero-order chi connectivity index (χ0) is 18.7. The number of rotatable bonds is 5. The number of H-pyrrole nitrogens is 1. The molecule has 3 aromatic rings. The number of ketones is 1. The van der Waals surface area contributed by atoms with E-state index in [1.807, 2.05) is 0 Å². The molecule has 0 spiro atoms. The number of carbonyl (C=O) groups is 1. The van der Waals surface area contributed by atoms with Gasteiger partial charge in [0, 0.05) is 17.2 Å². The van der Waals surface area contributed by atoms with Crippen molar-refractivity contribution in [2.24, 2.45) is 0 Å². The van der Waals surface area contributed by atoms with Crippen LogP contribution in [0.15, 0.2) is 54.6 Å². The summed E-state index contributed by atoms with van der Waals surface area (Å²) in [7, 11) is 0. The Bertz CT molecular complexity index is 1010. The number of nitro groups is 1. The normalized spacial score (nSPS) is 11.0. The van der Waals surface area contributed by atoms with E-state index in [9.17, 15) is 19.3 Å². The van der Waals surface area contributed by atoms with E-state index >= 15 is 0 Å². The summed E-state index contributed by atoms with van der Waals surface area (Å²) in [5.41, 5.74) is 1.89. The van der Waals surface area contributed by atoms with Crippen LogP contribution in [-0.4, -0.2) is 20.9 Å². The van der Waals surface area contributed by atoms with Crippen molar-refractivity contribution in [2.45, 2.75) is 0 Å². The number of carbonyl (C=O) groups excluding carboxylic acids is 1. The molecule has 0 amide bonds. The molecule has 0 bridgehead atoms. The summed E-state index contributed by atoms with van der Waals surface area (Å²) in [4.78, 5) is 22.3. The van der Waals surface area contributed by atoms with Gasteiger partial charge in [0.2, 0.25) is 0 Å². The Morgan fingerprint density at radius 3 is 2.58 bits per heavy atom. The fourth-order valence-electron chi connectivity index (χ4n) is 2.26. The van der Waals surface area contributed by atoms with Crippen molar-refractivity contribution in [3.8, 4) is 11.3 Å². The first kappa shape index (κ1) is 17.5. The van der Waals surface area contributed by atoms with Crippen molar-refractivity contribution in [1.82, 2.24) is 10.2 Å². The molecule has 1 aromatic heterocycles. The zero-order valence-corrected chi connectivity index (χ0v) is 13.9. The number of aromatic nitrogens is 2. The summed E-state index contributed by atoms with van der Waals surface area (Å²) in [5, 5.41) is 17.5. The molecule has 1 heterocycles. The molecular formula is C18H11ClFN3O3. The first-order valence-corrected chi connectivity index (χ1v) is 7.79. The highest BCUT2D eigenvalue weighted by Gasteiger charge is 2.14. The highest BCUT2D eigenvalue weighted by atomic mass is 35.5. The van der Waals surface area contributed by atoms with Gasteiger partial charge in [0.25, 0.3) is 5.69 Å². The first-order chi connectivity index (χ1) is 12.4. The number of hydrogen-bond donors (Lipinski definition) is 1. The molecule has 0 saturated heterocycles. The number of halogens is 2. The molecule has 6 nitrogen and oxygen atoms in total. The molecule has 0 saturated carbocycles. The number of nitro benzene ring substituents is 1. The third-order valence-corrected chi connectivity index (χ3v) is 3.88. The number of nitrogens with zero attached hydrogens (tertiary/aromatic N) is 2. The summed E-state index contributed by atoms with van der Waals surface area (Å²) in [6.45, 7) is 0. The van der Waals surface area contributed by atoms with Crippen LogP contribution in [0, 0.1) is 15.9 Å². The summed E-state index contributed by atoms with van der Waals surface area (Å²) in [5.74, 6) is -0.698. The maximum atomic E-state index is 13.0. The molecule has 0 atom stereocenters. The van der Waals surface area contributed by atoms with Crippen molar-refractivity contribution in [3.63, 3.8) is 0 Å². The Labute approximate surface area is 152 Å². The van der Waals surface area contributed by atoms with E-state index in [1.54, 1.807) is 18.2 Å². The molecule has 0 fully saturated rings. The van der Waals surface area contributed by atoms with Gasteiger partial charge in [-0.15, -0.1) is 0 Å². The molecule has 0 unspecified atom stereocenters. The van der Waals surface area contributed by atoms with Crippen LogP contribution in [0.4, 0.5) is 10.1 Å². The van der Waals surface area contributed by atoms with Gasteiger partial charge in [-0.3, -0.25) is 20.0 Å². The largest absolute Gasteiger partial charge is 0.289 e. The highest BCUT2D eigenvalue weighted by Crippen LogP contribution is 2.25. The van der Waals surface area contributed by atoms with Crippen LogP contribution < -0.4 is 0 Å². The highest BCUT2D eigenvalue weighted by molar-refractivity contribution is 6.33. The van der Waals surface area contributed by atoms with E-state index in [0.717, 1.165) is 5.56 Å². The van der Waals surface area contributed by atoms with Crippen molar-refractivity contribution < 1.29 is 14.1 Å². The topological polar surface area (TPSA) is 88.9 Å². The average Bonchev–Trinajstić information content (AvgIpc) is 3.09. The summed E-state index contributed by atoms with van der Waals surface area (Å²) in [6, 6.07) is 11.4. The van der Waals surface area contributed by atoms with E-state index < -0.39 is 4.92 Å². The van der Waals surface area contributed by atoms with E-state index in [4.69, 9.17) is 11.6 Å². The molecule has 130 valence electrons. The predicted octanol–water partition coefficient (Wildman–Crippen LogP) is 4.67. The molecule has 0 aliphatic heterocycles. The van der Waals surface area contributed by atoms with Crippen LogP contribution in [0.25, 0.3) is 17.3 Å². The standard InChI is InChI=1S/C18H11ClFN3O3/c19-15-9-12(3-7-17(15)23(25)26)18(24)8-6-14-10-16(22-21-14)11-1-4-13(20)5-2-11/h1-10H,(H,21,22). The molecule has 0 aliphatic carbocycles. The van der Waals surface area contributed by atoms with Gasteiger partial charge in [0.15, 0.2) is 5.78 Å². The second-order valence-electron chi connectivity index (χ2n) is 5.34. The van der Waals surface area contributed by atoms with Crippen molar-refractivity contribution in [2.75, 3.05) is 0 Å². The fourth-order valence-corrected chi connectivity index (χ4v) is 2.51. The minimum absolute atomic E-state index is 0.102. The van der Waals surface area contributed by atoms with Gasteiger partial charge in [0.05, 0.1) is 16.3 Å². The summed E-state index contributed by atoms with van der Waals surface area (Å²) < 4.78 is 13.0. The molecule has 2 aromatic carbocycles. The van der Waals surface area contributed by atoms with Crippen LogP contribution in [0.5, 0.6) is 0 Å². The molecular weight excluding hydrogens is 361 g/mol. The van der Waals surface area contributed by atoms with Crippen LogP contribution >= 0.6 is 11.6 Å². The van der Waals surface area contributed by atoms with Gasteiger partial charge < -0.3 is 0 Å². The second-order valence-corrected chi connectivity index (χ2v) is 5.74. The minimum Gasteiger partial charge on any atom is -0.289 e. The molecule has 8 heteroatoms. The second kappa shape index (κ2) is 7.28. The quantitative estimate of drug-likeness (QED) is 0.305. The molecule has 1 N–H and O–H groups in total. The Kier molecular flexibility index (Phi) is 4.90. The number of benzene rings is 2. The monoisotopic (exact) mass is 371 g/mol. The fraction of sp³-hybridized carbons (Fsp3) is 0. The third kappa shape index (κ3) is 3.84. The minimum atomic E-state index is -0.617. The van der Waals surface area contributed by atoms with Crippen molar-refractivity contribution in [3.05, 3.63) is 86.8 Å². The van der Waals surface area contributed by atoms with Gasteiger partial charge >= 0.3 is 0 Å². The van der Waals surface area contributed by atoms with Gasteiger partial charge in [0.1, 0.15) is 10.8 Å². The maximum absolute atomic E-state index is 13.0. The van der Waals surface area contributed by atoms with E-state index in [1.165, 1.54) is 42.5 Å². The lowest BCUT2D eigenvalue weighted by Crippen LogP contribution is -1.96. The van der Waals surface area contributed by atoms with E-state index in [2.05, 4.69) is 10.2 Å². The SMILES string of the molecule is O=C(C=Cc1cc(-c2ccc(F)cc2)n[nH]1)c1ccc([N+](=O)[O-])c(Cl)c1. The van der Waals surface area contributed by atoms with Crippen molar-refractivity contribution >= 4 is 29.1 Å². The maximum Gasteiger partial charge on any atom is 0.287 e. The molecule has 0 aliphatic rings. The first-order valence-electron chi connectivity index (χ1n) is 7.42. The van der Waals surface area contributed by atoms with Gasteiger partial charge in [-0.25, -0.2) is 4.39 Å². The van der Waals surface area contributed by atoms with Crippen molar-refractivity contribution in [1.29, 1.82) is 0 Å². The number of hydrogen-bond acceptors (Lipinski definition) is 4. The number of nitrogens with one attached hydrogen (secondary N) is 1. The molecule has 3 rings (SSSR count). The van der Waals surface area contributed by atoms with Crippen LogP contribution in [0.3, 0.4) is 0 Å². The third-order valence-electron chi connectivity index (χ3n) is 3.58. The Balaban J connectivity index is 1.76. The summed E-state index contributed by atoms with van der Waals surface area (Å²) >= 11 is 5.81. The van der Waals surface area contributed by atoms with Gasteiger partial charge in [-0.2, -0.15) is 5.10 Å². The Morgan fingerprint density at radius 2 is 1.92 bits per heavy atom. The van der Waals surface area contributed by atoms with Crippen LogP contribution in [0.1, 0.15) is 16.1 Å². The summed E-state index contributed by atoms with van der Waals surface area (Å²) in [6.07, 6.45) is 2.83. The van der Waals surface area contributed by atoms with E-state index in [0.29, 0.717) is 11.4 Å². The molecule has 0 radical (unpaired) electrons. The van der Waals surface area contributed by atoms with Crippen LogP contribution in [-0.2, 0) is 0 Å². The smallest absolute Gasteiger partial charge is 0.287 e. The molecule has 26 heavy (non-hydrogen) atoms. The lowest BCUT2D eigenvalue weighted by atomic mass is 10.1. The van der Waals surface area contributed by atoms with Crippen LogP contribution in [0.2, 0.25) is 5.02 Å². The lowest BCUT2D eigenvalue weighted by Gasteiger charge is -1.98. The predicted molar refractivity (Wildman–Crippen MR) is 95.5 cm³/mol. The average molecular weight is 372 g/mol. The number of allylic oxidation sites excluding steroid dienone is 1. The zero-order valence-electron chi connectivity index (χ0n) is 13.1. The number of aromatic amines is 1. The van der Waals surface area contributed by atoms with Gasteiger partial charge in [-0.05, 0) is 54.6 Å². The van der Waals surface area contributed by atoms with E-state index in [-0.39, 0.29) is 27.9 Å². The Hall–Kier alpha value is -3.32. The Morgan fingerprint density at radius 1 is 1.19 bits per heavy atom. The lowest BCUT2D eigenvalue weighted by molar-refractivity contribution is -0.384.